The van der Waals surface area contributed by atoms with Crippen LogP contribution in [0.4, 0.5) is 0 Å². The molecule has 12 heavy (non-hydrogen) atoms. The highest BCUT2D eigenvalue weighted by molar-refractivity contribution is 9.11. The van der Waals surface area contributed by atoms with Crippen molar-refractivity contribution < 1.29 is 0 Å². The molecule has 0 saturated heterocycles. The third-order valence-corrected chi connectivity index (χ3v) is 3.72. The third-order valence-electron chi connectivity index (χ3n) is 1.49. The second-order valence-corrected chi connectivity index (χ2v) is 5.62. The van der Waals surface area contributed by atoms with Crippen molar-refractivity contribution in [3.05, 3.63) is 20.2 Å². The van der Waals surface area contributed by atoms with Gasteiger partial charge in [-0.1, -0.05) is 11.3 Å². The first-order valence-electron chi connectivity index (χ1n) is 3.31. The summed E-state index contributed by atoms with van der Waals surface area (Å²) in [5.74, 6) is 0. The molecule has 0 aromatic carbocycles. The molecule has 0 spiro atoms. The SMILES string of the molecule is Cc1sccc1-c1nnc(Br)s1. The summed E-state index contributed by atoms with van der Waals surface area (Å²) in [5, 5.41) is 11.0. The Labute approximate surface area is 86.4 Å². The maximum atomic E-state index is 4.05. The van der Waals surface area contributed by atoms with Crippen LogP contribution in [-0.4, -0.2) is 10.2 Å². The number of aryl methyl sites for hydroxylation is 1. The zero-order valence-corrected chi connectivity index (χ0v) is 9.46. The van der Waals surface area contributed by atoms with Crippen molar-refractivity contribution in [1.29, 1.82) is 0 Å². The molecular formula is C7H5BrN2S2. The van der Waals surface area contributed by atoms with Crippen molar-refractivity contribution >= 4 is 38.6 Å². The van der Waals surface area contributed by atoms with Crippen molar-refractivity contribution in [1.82, 2.24) is 10.2 Å². The van der Waals surface area contributed by atoms with Crippen LogP contribution in [0.2, 0.25) is 0 Å². The minimum atomic E-state index is 0.836. The van der Waals surface area contributed by atoms with Gasteiger partial charge in [0.2, 0.25) is 0 Å². The molecule has 0 aliphatic heterocycles. The lowest BCUT2D eigenvalue weighted by Gasteiger charge is -1.89. The summed E-state index contributed by atoms with van der Waals surface area (Å²) in [6, 6.07) is 2.08. The van der Waals surface area contributed by atoms with Gasteiger partial charge in [-0.2, -0.15) is 0 Å². The van der Waals surface area contributed by atoms with E-state index in [1.54, 1.807) is 22.7 Å². The van der Waals surface area contributed by atoms with Crippen LogP contribution in [0.15, 0.2) is 15.4 Å². The van der Waals surface area contributed by atoms with E-state index in [9.17, 15) is 0 Å². The quantitative estimate of drug-likeness (QED) is 0.786. The molecule has 0 unspecified atom stereocenters. The number of rotatable bonds is 1. The molecule has 0 atom stereocenters. The molecule has 2 nitrogen and oxygen atoms in total. The van der Waals surface area contributed by atoms with Gasteiger partial charge >= 0.3 is 0 Å². The third kappa shape index (κ3) is 1.44. The molecular weight excluding hydrogens is 256 g/mol. The minimum absolute atomic E-state index is 0.836. The van der Waals surface area contributed by atoms with Gasteiger partial charge in [0.1, 0.15) is 5.01 Å². The summed E-state index contributed by atoms with van der Waals surface area (Å²) in [6.07, 6.45) is 0. The monoisotopic (exact) mass is 260 g/mol. The smallest absolute Gasteiger partial charge is 0.148 e. The van der Waals surface area contributed by atoms with Gasteiger partial charge in [0, 0.05) is 10.4 Å². The van der Waals surface area contributed by atoms with E-state index in [0.717, 1.165) is 8.92 Å². The minimum Gasteiger partial charge on any atom is -0.148 e. The molecule has 2 heterocycles. The standard InChI is InChI=1S/C7H5BrN2S2/c1-4-5(2-3-11-4)6-9-10-7(8)12-6/h2-3H,1H3. The van der Waals surface area contributed by atoms with Crippen LogP contribution in [-0.2, 0) is 0 Å². The lowest BCUT2D eigenvalue weighted by Crippen LogP contribution is -1.74. The Morgan fingerprint density at radius 2 is 2.25 bits per heavy atom. The Balaban J connectivity index is 2.50. The van der Waals surface area contributed by atoms with Crippen LogP contribution in [0.25, 0.3) is 10.6 Å². The van der Waals surface area contributed by atoms with E-state index in [0.29, 0.717) is 0 Å². The first-order chi connectivity index (χ1) is 5.77. The van der Waals surface area contributed by atoms with Crippen LogP contribution in [0.1, 0.15) is 4.88 Å². The highest BCUT2D eigenvalue weighted by Gasteiger charge is 2.07. The molecule has 62 valence electrons. The molecule has 0 aliphatic rings. The molecule has 2 aromatic heterocycles. The Morgan fingerprint density at radius 3 is 2.75 bits per heavy atom. The number of nitrogens with zero attached hydrogens (tertiary/aromatic N) is 2. The topological polar surface area (TPSA) is 25.8 Å². The largest absolute Gasteiger partial charge is 0.183 e. The number of thiophene rings is 1. The van der Waals surface area contributed by atoms with Gasteiger partial charge in [0.15, 0.2) is 3.92 Å². The molecule has 0 aliphatic carbocycles. The van der Waals surface area contributed by atoms with Gasteiger partial charge in [-0.3, -0.25) is 0 Å². The predicted octanol–water partition coefficient (Wildman–Crippen LogP) is 3.34. The molecule has 2 rings (SSSR count). The molecule has 0 radical (unpaired) electrons. The van der Waals surface area contributed by atoms with Crippen molar-refractivity contribution in [2.75, 3.05) is 0 Å². The highest BCUT2D eigenvalue weighted by Crippen LogP contribution is 2.31. The van der Waals surface area contributed by atoms with Crippen molar-refractivity contribution in [2.24, 2.45) is 0 Å². The molecule has 5 heteroatoms. The lowest BCUT2D eigenvalue weighted by molar-refractivity contribution is 1.07. The lowest BCUT2D eigenvalue weighted by atomic mass is 10.3. The molecule has 0 bridgehead atoms. The van der Waals surface area contributed by atoms with E-state index in [4.69, 9.17) is 0 Å². The van der Waals surface area contributed by atoms with Gasteiger partial charge in [0.05, 0.1) is 0 Å². The average Bonchev–Trinajstić information content (AvgIpc) is 2.58. The van der Waals surface area contributed by atoms with E-state index in [1.165, 1.54) is 10.4 Å². The van der Waals surface area contributed by atoms with Crippen molar-refractivity contribution in [3.63, 3.8) is 0 Å². The maximum Gasteiger partial charge on any atom is 0.183 e. The Kier molecular flexibility index (Phi) is 2.25. The van der Waals surface area contributed by atoms with Crippen LogP contribution in [0.3, 0.4) is 0 Å². The first kappa shape index (κ1) is 8.34. The van der Waals surface area contributed by atoms with Gasteiger partial charge in [-0.15, -0.1) is 21.5 Å². The summed E-state index contributed by atoms with van der Waals surface area (Å²) in [6.45, 7) is 2.09. The van der Waals surface area contributed by atoms with Crippen LogP contribution < -0.4 is 0 Å². The second kappa shape index (κ2) is 3.24. The number of hydrogen-bond donors (Lipinski definition) is 0. The molecule has 0 amide bonds. The Bertz CT molecular complexity index is 394. The molecule has 2 aromatic rings. The maximum absolute atomic E-state index is 4.05. The van der Waals surface area contributed by atoms with E-state index in [2.05, 4.69) is 44.5 Å². The predicted molar refractivity (Wildman–Crippen MR) is 55.7 cm³/mol. The summed E-state index contributed by atoms with van der Waals surface area (Å²) >= 11 is 6.58. The summed E-state index contributed by atoms with van der Waals surface area (Å²) in [5.41, 5.74) is 1.20. The second-order valence-electron chi connectivity index (χ2n) is 2.25. The van der Waals surface area contributed by atoms with Gasteiger partial charge in [-0.25, -0.2) is 0 Å². The molecule has 0 N–H and O–H groups in total. The number of aromatic nitrogens is 2. The highest BCUT2D eigenvalue weighted by atomic mass is 79.9. The fourth-order valence-corrected chi connectivity index (χ4v) is 2.88. The summed E-state index contributed by atoms with van der Waals surface area (Å²) in [4.78, 5) is 1.29. The van der Waals surface area contributed by atoms with Crippen molar-refractivity contribution in [2.45, 2.75) is 6.92 Å². The summed E-state index contributed by atoms with van der Waals surface area (Å²) in [7, 11) is 0. The Morgan fingerprint density at radius 1 is 1.42 bits per heavy atom. The van der Waals surface area contributed by atoms with Crippen LogP contribution in [0, 0.1) is 6.92 Å². The van der Waals surface area contributed by atoms with Gasteiger partial charge in [-0.05, 0) is 34.3 Å². The van der Waals surface area contributed by atoms with E-state index >= 15 is 0 Å². The first-order valence-corrected chi connectivity index (χ1v) is 5.80. The normalized spacial score (nSPS) is 10.5. The number of halogens is 1. The van der Waals surface area contributed by atoms with Crippen LogP contribution in [0.5, 0.6) is 0 Å². The summed E-state index contributed by atoms with van der Waals surface area (Å²) < 4.78 is 0.836. The Hall–Kier alpha value is -0.260. The van der Waals surface area contributed by atoms with Gasteiger partial charge in [0.25, 0.3) is 0 Å². The van der Waals surface area contributed by atoms with E-state index < -0.39 is 0 Å². The number of hydrogen-bond acceptors (Lipinski definition) is 4. The van der Waals surface area contributed by atoms with Crippen LogP contribution >= 0.6 is 38.6 Å². The van der Waals surface area contributed by atoms with Gasteiger partial charge < -0.3 is 0 Å². The average molecular weight is 261 g/mol. The van der Waals surface area contributed by atoms with E-state index in [-0.39, 0.29) is 0 Å². The van der Waals surface area contributed by atoms with Crippen molar-refractivity contribution in [3.8, 4) is 10.6 Å². The zero-order chi connectivity index (χ0) is 8.55. The fourth-order valence-electron chi connectivity index (χ4n) is 0.921. The van der Waals surface area contributed by atoms with E-state index in [1.807, 2.05) is 0 Å². The molecule has 0 fully saturated rings. The molecule has 0 saturated carbocycles. The fraction of sp³-hybridized carbons (Fsp3) is 0.143. The zero-order valence-electron chi connectivity index (χ0n) is 6.24.